The van der Waals surface area contributed by atoms with Gasteiger partial charge < -0.3 is 9.84 Å². The van der Waals surface area contributed by atoms with Crippen molar-refractivity contribution in [2.75, 3.05) is 6.61 Å². The number of carbonyl (C=O) groups excluding carboxylic acids is 1. The van der Waals surface area contributed by atoms with E-state index < -0.39 is 11.9 Å². The van der Waals surface area contributed by atoms with Crippen LogP contribution in [-0.4, -0.2) is 48.4 Å². The van der Waals surface area contributed by atoms with Gasteiger partial charge in [-0.25, -0.2) is 14.3 Å². The summed E-state index contributed by atoms with van der Waals surface area (Å²) in [7, 11) is 1.81. The van der Waals surface area contributed by atoms with Crippen molar-refractivity contribution in [2.24, 2.45) is 7.05 Å². The summed E-state index contributed by atoms with van der Waals surface area (Å²) in [5.74, 6) is -1.32. The second-order valence-electron chi connectivity index (χ2n) is 6.70. The molecular formula is C19H19N5O4. The van der Waals surface area contributed by atoms with Crippen molar-refractivity contribution < 1.29 is 19.4 Å². The standard InChI is InChI=1S/C19H19N5O4/c1-3-28-19(27)15-9-20-24(12-6-4-5-11(7-12)18(25)26)17(15)14-8-13(14)16-10-23(2)22-21-16/h4-7,9-10,13-14H,3,8H2,1-2H3,(H,25,26). The third-order valence-electron chi connectivity index (χ3n) is 4.78. The minimum atomic E-state index is -1.02. The lowest BCUT2D eigenvalue weighted by atomic mass is 10.1. The third kappa shape index (κ3) is 3.15. The molecule has 3 aromatic rings. The maximum absolute atomic E-state index is 12.5. The highest BCUT2D eigenvalue weighted by molar-refractivity contribution is 5.91. The van der Waals surface area contributed by atoms with Gasteiger partial charge in [0.1, 0.15) is 5.56 Å². The predicted octanol–water partition coefficient (Wildman–Crippen LogP) is 2.15. The van der Waals surface area contributed by atoms with Crippen LogP contribution in [0.5, 0.6) is 0 Å². The van der Waals surface area contributed by atoms with E-state index in [0.717, 1.165) is 12.1 Å². The molecule has 2 aromatic heterocycles. The van der Waals surface area contributed by atoms with E-state index in [2.05, 4.69) is 15.4 Å². The molecule has 1 aliphatic rings. The molecule has 0 amide bonds. The van der Waals surface area contributed by atoms with Gasteiger partial charge in [-0.2, -0.15) is 5.10 Å². The Morgan fingerprint density at radius 3 is 2.82 bits per heavy atom. The van der Waals surface area contributed by atoms with Crippen LogP contribution in [0.25, 0.3) is 5.69 Å². The fourth-order valence-electron chi connectivity index (χ4n) is 3.42. The molecule has 1 saturated carbocycles. The highest BCUT2D eigenvalue weighted by Crippen LogP contribution is 2.55. The smallest absolute Gasteiger partial charge is 0.341 e. The summed E-state index contributed by atoms with van der Waals surface area (Å²) < 4.78 is 8.45. The minimum Gasteiger partial charge on any atom is -0.478 e. The first kappa shape index (κ1) is 17.9. The lowest BCUT2D eigenvalue weighted by Crippen LogP contribution is -2.10. The predicted molar refractivity (Wildman–Crippen MR) is 97.6 cm³/mol. The molecule has 9 heteroatoms. The molecule has 0 radical (unpaired) electrons. The number of rotatable bonds is 6. The zero-order valence-corrected chi connectivity index (χ0v) is 15.4. The van der Waals surface area contributed by atoms with Gasteiger partial charge in [-0.1, -0.05) is 11.3 Å². The number of carbonyl (C=O) groups is 2. The van der Waals surface area contributed by atoms with E-state index in [1.54, 1.807) is 35.5 Å². The summed E-state index contributed by atoms with van der Waals surface area (Å²) in [6, 6.07) is 6.47. The number of nitrogens with zero attached hydrogens (tertiary/aromatic N) is 5. The van der Waals surface area contributed by atoms with Crippen molar-refractivity contribution in [3.63, 3.8) is 0 Å². The molecule has 28 heavy (non-hydrogen) atoms. The van der Waals surface area contributed by atoms with Gasteiger partial charge in [-0.15, -0.1) is 5.10 Å². The van der Waals surface area contributed by atoms with E-state index in [-0.39, 0.29) is 24.0 Å². The summed E-state index contributed by atoms with van der Waals surface area (Å²) in [6.07, 6.45) is 4.14. The third-order valence-corrected chi connectivity index (χ3v) is 4.78. The number of carboxylic acids is 1. The molecule has 1 aliphatic carbocycles. The second kappa shape index (κ2) is 6.91. The summed E-state index contributed by atoms with van der Waals surface area (Å²) in [4.78, 5) is 23.8. The van der Waals surface area contributed by atoms with E-state index in [0.29, 0.717) is 16.9 Å². The number of aromatic carboxylic acids is 1. The van der Waals surface area contributed by atoms with E-state index in [1.807, 2.05) is 6.20 Å². The van der Waals surface area contributed by atoms with Crippen molar-refractivity contribution in [3.05, 3.63) is 59.2 Å². The van der Waals surface area contributed by atoms with E-state index >= 15 is 0 Å². The molecular weight excluding hydrogens is 362 g/mol. The Labute approximate surface area is 160 Å². The summed E-state index contributed by atoms with van der Waals surface area (Å²) in [6.45, 7) is 2.01. The second-order valence-corrected chi connectivity index (χ2v) is 6.70. The number of hydrogen-bond donors (Lipinski definition) is 1. The molecule has 2 atom stereocenters. The number of carboxylic acid groups (broad SMARTS) is 1. The maximum atomic E-state index is 12.5. The van der Waals surface area contributed by atoms with Crippen LogP contribution in [0.15, 0.2) is 36.7 Å². The molecule has 0 bridgehead atoms. The summed E-state index contributed by atoms with van der Waals surface area (Å²) in [5, 5.41) is 21.8. The maximum Gasteiger partial charge on any atom is 0.341 e. The molecule has 0 aliphatic heterocycles. The Kier molecular flexibility index (Phi) is 4.42. The van der Waals surface area contributed by atoms with Crippen LogP contribution in [0.4, 0.5) is 0 Å². The van der Waals surface area contributed by atoms with Crippen LogP contribution in [-0.2, 0) is 11.8 Å². The number of benzene rings is 1. The molecule has 0 saturated heterocycles. The lowest BCUT2D eigenvalue weighted by molar-refractivity contribution is 0.0524. The van der Waals surface area contributed by atoms with Crippen molar-refractivity contribution in [1.29, 1.82) is 0 Å². The largest absolute Gasteiger partial charge is 0.478 e. The molecule has 0 spiro atoms. The Bertz CT molecular complexity index is 1050. The molecule has 9 nitrogen and oxygen atoms in total. The monoisotopic (exact) mass is 381 g/mol. The Balaban J connectivity index is 1.77. The Morgan fingerprint density at radius 1 is 1.32 bits per heavy atom. The minimum absolute atomic E-state index is 0.0205. The first-order valence-electron chi connectivity index (χ1n) is 8.94. The summed E-state index contributed by atoms with van der Waals surface area (Å²) in [5.41, 5.74) is 2.68. The number of esters is 1. The summed E-state index contributed by atoms with van der Waals surface area (Å²) >= 11 is 0. The van der Waals surface area contributed by atoms with Crippen LogP contribution in [0.2, 0.25) is 0 Å². The van der Waals surface area contributed by atoms with Gasteiger partial charge in [0.2, 0.25) is 0 Å². The van der Waals surface area contributed by atoms with Crippen LogP contribution in [0, 0.1) is 0 Å². The average Bonchev–Trinajstić information content (AvgIpc) is 3.13. The molecule has 2 unspecified atom stereocenters. The Hall–Kier alpha value is -3.49. The van der Waals surface area contributed by atoms with Crippen LogP contribution in [0.1, 0.15) is 57.3 Å². The Morgan fingerprint density at radius 2 is 2.14 bits per heavy atom. The molecule has 1 fully saturated rings. The highest BCUT2D eigenvalue weighted by Gasteiger charge is 2.46. The van der Waals surface area contributed by atoms with Crippen molar-refractivity contribution in [2.45, 2.75) is 25.2 Å². The lowest BCUT2D eigenvalue weighted by Gasteiger charge is -2.10. The molecule has 1 aromatic carbocycles. The molecule has 4 rings (SSSR count). The van der Waals surface area contributed by atoms with Gasteiger partial charge in [-0.3, -0.25) is 4.68 Å². The number of ether oxygens (including phenoxy) is 1. The first-order chi connectivity index (χ1) is 13.5. The topological polar surface area (TPSA) is 112 Å². The molecule has 2 heterocycles. The zero-order chi connectivity index (χ0) is 19.8. The molecule has 1 N–H and O–H groups in total. The van der Waals surface area contributed by atoms with Gasteiger partial charge in [0.05, 0.1) is 35.4 Å². The SMILES string of the molecule is CCOC(=O)c1cnn(-c2cccc(C(=O)O)c2)c1C1CC1c1cn(C)nn1. The van der Waals surface area contributed by atoms with Crippen LogP contribution in [0.3, 0.4) is 0 Å². The fraction of sp³-hybridized carbons (Fsp3) is 0.316. The van der Waals surface area contributed by atoms with Gasteiger partial charge in [0.15, 0.2) is 0 Å². The van der Waals surface area contributed by atoms with Gasteiger partial charge >= 0.3 is 11.9 Å². The fourth-order valence-corrected chi connectivity index (χ4v) is 3.42. The number of aromatic nitrogens is 5. The van der Waals surface area contributed by atoms with Crippen LogP contribution >= 0.6 is 0 Å². The highest BCUT2D eigenvalue weighted by atomic mass is 16.5. The number of hydrogen-bond acceptors (Lipinski definition) is 6. The quantitative estimate of drug-likeness (QED) is 0.651. The first-order valence-corrected chi connectivity index (χ1v) is 8.94. The van der Waals surface area contributed by atoms with Crippen molar-refractivity contribution in [3.8, 4) is 5.69 Å². The van der Waals surface area contributed by atoms with Gasteiger partial charge in [-0.05, 0) is 31.5 Å². The van der Waals surface area contributed by atoms with Crippen LogP contribution < -0.4 is 0 Å². The molecule has 144 valence electrons. The number of aryl methyl sites for hydroxylation is 1. The van der Waals surface area contributed by atoms with E-state index in [4.69, 9.17) is 4.74 Å². The normalized spacial score (nSPS) is 18.1. The van der Waals surface area contributed by atoms with Crippen molar-refractivity contribution in [1.82, 2.24) is 24.8 Å². The van der Waals surface area contributed by atoms with Gasteiger partial charge in [0.25, 0.3) is 0 Å². The average molecular weight is 381 g/mol. The van der Waals surface area contributed by atoms with E-state index in [1.165, 1.54) is 18.3 Å². The van der Waals surface area contributed by atoms with Gasteiger partial charge in [0, 0.05) is 25.1 Å². The van der Waals surface area contributed by atoms with E-state index in [9.17, 15) is 14.7 Å². The zero-order valence-electron chi connectivity index (χ0n) is 15.4. The van der Waals surface area contributed by atoms with Crippen molar-refractivity contribution >= 4 is 11.9 Å².